The van der Waals surface area contributed by atoms with Crippen molar-refractivity contribution in [3.63, 3.8) is 0 Å². The third kappa shape index (κ3) is 3.45. The normalized spacial score (nSPS) is 17.3. The number of carboxylic acids is 1. The van der Waals surface area contributed by atoms with Gasteiger partial charge < -0.3 is 20.4 Å². The van der Waals surface area contributed by atoms with Crippen LogP contribution >= 0.6 is 0 Å². The first-order chi connectivity index (χ1) is 9.80. The van der Waals surface area contributed by atoms with Crippen molar-refractivity contribution < 1.29 is 19.8 Å². The molecule has 1 fully saturated rings. The first-order valence-corrected chi connectivity index (χ1v) is 6.91. The van der Waals surface area contributed by atoms with Crippen LogP contribution in [0.15, 0.2) is 18.2 Å². The number of aromatic hydroxyl groups is 1. The van der Waals surface area contributed by atoms with Gasteiger partial charge >= 0.3 is 12.0 Å². The molecule has 0 spiro atoms. The van der Waals surface area contributed by atoms with Gasteiger partial charge in [0.05, 0.1) is 5.69 Å². The average molecular weight is 292 g/mol. The molecule has 6 nitrogen and oxygen atoms in total. The summed E-state index contributed by atoms with van der Waals surface area (Å²) >= 11 is 0. The number of benzene rings is 1. The number of anilines is 1. The van der Waals surface area contributed by atoms with Crippen molar-refractivity contribution in [2.24, 2.45) is 5.41 Å². The summed E-state index contributed by atoms with van der Waals surface area (Å²) < 4.78 is 0. The van der Waals surface area contributed by atoms with Crippen molar-refractivity contribution in [2.75, 3.05) is 18.4 Å². The molecule has 2 rings (SSSR count). The minimum Gasteiger partial charge on any atom is -0.505 e. The van der Waals surface area contributed by atoms with E-state index in [4.69, 9.17) is 5.11 Å². The Bertz CT molecular complexity index is 559. The number of nitrogens with zero attached hydrogens (tertiary/aromatic N) is 1. The number of carbonyl (C=O) groups is 2. The monoisotopic (exact) mass is 292 g/mol. The molecular weight excluding hydrogens is 272 g/mol. The second kappa shape index (κ2) is 5.63. The van der Waals surface area contributed by atoms with Crippen molar-refractivity contribution in [2.45, 2.75) is 26.7 Å². The number of hydrogen-bond donors (Lipinski definition) is 3. The van der Waals surface area contributed by atoms with Crippen LogP contribution in [0.2, 0.25) is 0 Å². The molecule has 0 radical (unpaired) electrons. The minimum atomic E-state index is -1.23. The molecule has 0 unspecified atom stereocenters. The molecule has 0 aromatic heterocycles. The Kier molecular flexibility index (Phi) is 4.06. The van der Waals surface area contributed by atoms with Crippen LogP contribution in [-0.4, -0.2) is 40.2 Å². The fourth-order valence-corrected chi connectivity index (χ4v) is 2.33. The van der Waals surface area contributed by atoms with Gasteiger partial charge in [-0.3, -0.25) is 0 Å². The van der Waals surface area contributed by atoms with E-state index in [9.17, 15) is 14.7 Å². The van der Waals surface area contributed by atoms with Crippen molar-refractivity contribution in [1.29, 1.82) is 0 Å². The van der Waals surface area contributed by atoms with E-state index in [-0.39, 0.29) is 22.7 Å². The third-order valence-electron chi connectivity index (χ3n) is 3.91. The van der Waals surface area contributed by atoms with Crippen LogP contribution in [0.3, 0.4) is 0 Å². The molecule has 1 aliphatic rings. The quantitative estimate of drug-likeness (QED) is 0.731. The SMILES string of the molecule is CC1(C)CCN(C(=O)Nc2cccc(C(=O)O)c2O)CC1. The number of rotatable bonds is 2. The lowest BCUT2D eigenvalue weighted by atomic mass is 9.83. The van der Waals surface area contributed by atoms with E-state index < -0.39 is 11.7 Å². The van der Waals surface area contributed by atoms with Crippen molar-refractivity contribution in [1.82, 2.24) is 4.90 Å². The number of nitrogens with one attached hydrogen (secondary N) is 1. The van der Waals surface area contributed by atoms with Gasteiger partial charge in [-0.1, -0.05) is 19.9 Å². The number of phenols is 1. The van der Waals surface area contributed by atoms with Gasteiger partial charge in [-0.05, 0) is 30.4 Å². The zero-order valence-corrected chi connectivity index (χ0v) is 12.2. The highest BCUT2D eigenvalue weighted by Gasteiger charge is 2.28. The second-order valence-electron chi connectivity index (χ2n) is 6.09. The van der Waals surface area contributed by atoms with Gasteiger partial charge in [0, 0.05) is 13.1 Å². The standard InChI is InChI=1S/C15H20N2O4/c1-15(2)6-8-17(9-7-15)14(21)16-11-5-3-4-10(12(11)18)13(19)20/h3-5,18H,6-9H2,1-2H3,(H,16,21)(H,19,20). The Morgan fingerprint density at radius 2 is 1.86 bits per heavy atom. The fourth-order valence-electron chi connectivity index (χ4n) is 2.33. The maximum Gasteiger partial charge on any atom is 0.339 e. The number of hydrogen-bond acceptors (Lipinski definition) is 3. The Morgan fingerprint density at radius 3 is 2.43 bits per heavy atom. The molecule has 1 aromatic carbocycles. The Labute approximate surface area is 123 Å². The zero-order valence-electron chi connectivity index (χ0n) is 12.2. The molecular formula is C15H20N2O4. The Morgan fingerprint density at radius 1 is 1.24 bits per heavy atom. The number of urea groups is 1. The molecule has 1 heterocycles. The topological polar surface area (TPSA) is 89.9 Å². The van der Waals surface area contributed by atoms with Gasteiger partial charge in [-0.2, -0.15) is 0 Å². The third-order valence-corrected chi connectivity index (χ3v) is 3.91. The van der Waals surface area contributed by atoms with Gasteiger partial charge in [0.2, 0.25) is 0 Å². The highest BCUT2D eigenvalue weighted by atomic mass is 16.4. The van der Waals surface area contributed by atoms with E-state index in [1.807, 2.05) is 0 Å². The van der Waals surface area contributed by atoms with Crippen molar-refractivity contribution in [3.8, 4) is 5.75 Å². The maximum absolute atomic E-state index is 12.2. The lowest BCUT2D eigenvalue weighted by Gasteiger charge is -2.36. The van der Waals surface area contributed by atoms with Crippen LogP contribution in [0, 0.1) is 5.41 Å². The van der Waals surface area contributed by atoms with E-state index in [0.717, 1.165) is 12.8 Å². The van der Waals surface area contributed by atoms with Crippen LogP contribution in [0.25, 0.3) is 0 Å². The summed E-state index contributed by atoms with van der Waals surface area (Å²) in [5, 5.41) is 21.4. The number of amides is 2. The van der Waals surface area contributed by atoms with E-state index in [0.29, 0.717) is 13.1 Å². The predicted molar refractivity (Wildman–Crippen MR) is 78.7 cm³/mol. The van der Waals surface area contributed by atoms with E-state index in [2.05, 4.69) is 19.2 Å². The smallest absolute Gasteiger partial charge is 0.339 e. The first-order valence-electron chi connectivity index (χ1n) is 6.91. The van der Waals surface area contributed by atoms with Gasteiger partial charge in [-0.15, -0.1) is 0 Å². The number of carboxylic acid groups (broad SMARTS) is 1. The summed E-state index contributed by atoms with van der Waals surface area (Å²) in [5.41, 5.74) is 0.125. The summed E-state index contributed by atoms with van der Waals surface area (Å²) in [6.07, 6.45) is 1.84. The largest absolute Gasteiger partial charge is 0.505 e. The van der Waals surface area contributed by atoms with Crippen LogP contribution in [-0.2, 0) is 0 Å². The second-order valence-corrected chi connectivity index (χ2v) is 6.09. The van der Waals surface area contributed by atoms with Crippen molar-refractivity contribution >= 4 is 17.7 Å². The maximum atomic E-state index is 12.2. The molecule has 114 valence electrons. The predicted octanol–water partition coefficient (Wildman–Crippen LogP) is 2.74. The number of carbonyl (C=O) groups excluding carboxylic acids is 1. The molecule has 1 aromatic rings. The average Bonchev–Trinajstić information content (AvgIpc) is 2.40. The number of aromatic carboxylic acids is 1. The van der Waals surface area contributed by atoms with Gasteiger partial charge in [-0.25, -0.2) is 9.59 Å². The van der Waals surface area contributed by atoms with Crippen LogP contribution < -0.4 is 5.32 Å². The number of likely N-dealkylation sites (tertiary alicyclic amines) is 1. The van der Waals surface area contributed by atoms with Gasteiger partial charge in [0.15, 0.2) is 5.75 Å². The number of para-hydroxylation sites is 1. The van der Waals surface area contributed by atoms with Gasteiger partial charge in [0.25, 0.3) is 0 Å². The summed E-state index contributed by atoms with van der Waals surface area (Å²) in [6, 6.07) is 3.94. The lowest BCUT2D eigenvalue weighted by Crippen LogP contribution is -2.43. The molecule has 1 saturated heterocycles. The molecule has 3 N–H and O–H groups in total. The fraction of sp³-hybridized carbons (Fsp3) is 0.467. The summed E-state index contributed by atoms with van der Waals surface area (Å²) in [7, 11) is 0. The molecule has 2 amide bonds. The molecule has 0 saturated carbocycles. The summed E-state index contributed by atoms with van der Waals surface area (Å²) in [4.78, 5) is 24.8. The van der Waals surface area contributed by atoms with Crippen LogP contribution in [0.4, 0.5) is 10.5 Å². The molecule has 0 bridgehead atoms. The summed E-state index contributed by atoms with van der Waals surface area (Å²) in [5.74, 6) is -1.65. The highest BCUT2D eigenvalue weighted by Crippen LogP contribution is 2.31. The highest BCUT2D eigenvalue weighted by molar-refractivity contribution is 5.97. The molecule has 0 aliphatic carbocycles. The molecule has 1 aliphatic heterocycles. The molecule has 0 atom stereocenters. The van der Waals surface area contributed by atoms with E-state index in [1.165, 1.54) is 18.2 Å². The minimum absolute atomic E-state index is 0.115. The van der Waals surface area contributed by atoms with Crippen molar-refractivity contribution in [3.05, 3.63) is 23.8 Å². The first kappa shape index (κ1) is 15.2. The zero-order chi connectivity index (χ0) is 15.6. The van der Waals surface area contributed by atoms with E-state index in [1.54, 1.807) is 4.90 Å². The summed E-state index contributed by atoms with van der Waals surface area (Å²) in [6.45, 7) is 5.64. The van der Waals surface area contributed by atoms with E-state index >= 15 is 0 Å². The van der Waals surface area contributed by atoms with Crippen LogP contribution in [0.5, 0.6) is 5.75 Å². The Balaban J connectivity index is 2.07. The molecule has 6 heteroatoms. The number of piperidine rings is 1. The lowest BCUT2D eigenvalue weighted by molar-refractivity contribution is 0.0693. The van der Waals surface area contributed by atoms with Crippen LogP contribution in [0.1, 0.15) is 37.0 Å². The molecule has 21 heavy (non-hydrogen) atoms. The Hall–Kier alpha value is -2.24. The van der Waals surface area contributed by atoms with Gasteiger partial charge in [0.1, 0.15) is 5.56 Å².